The zero-order chi connectivity index (χ0) is 11.3. The van der Waals surface area contributed by atoms with Crippen LogP contribution in [-0.2, 0) is 13.1 Å². The van der Waals surface area contributed by atoms with Crippen LogP contribution in [0.3, 0.4) is 0 Å². The van der Waals surface area contributed by atoms with E-state index in [4.69, 9.17) is 5.73 Å². The number of hydrogen-bond acceptors (Lipinski definition) is 3. The molecule has 1 aromatic carbocycles. The van der Waals surface area contributed by atoms with Gasteiger partial charge in [-0.3, -0.25) is 0 Å². The van der Waals surface area contributed by atoms with Gasteiger partial charge in [0.2, 0.25) is 0 Å². The summed E-state index contributed by atoms with van der Waals surface area (Å²) in [7, 11) is 4.39. The van der Waals surface area contributed by atoms with Gasteiger partial charge in [-0.1, -0.05) is 0 Å². The van der Waals surface area contributed by atoms with Crippen molar-refractivity contribution in [2.45, 2.75) is 19.0 Å². The van der Waals surface area contributed by atoms with E-state index >= 15 is 0 Å². The molecule has 3 nitrogen and oxygen atoms in total. The van der Waals surface area contributed by atoms with Crippen LogP contribution in [0.1, 0.15) is 22.6 Å². The van der Waals surface area contributed by atoms with E-state index in [1.807, 2.05) is 0 Å². The number of benzene rings is 1. The number of nitrogens with zero attached hydrogens (tertiary/aromatic N) is 2. The van der Waals surface area contributed by atoms with E-state index in [1.165, 1.54) is 24.2 Å². The predicted octanol–water partition coefficient (Wildman–Crippen LogP) is 1.24. The second kappa shape index (κ2) is 3.47. The minimum atomic E-state index is 0.670. The van der Waals surface area contributed by atoms with Gasteiger partial charge < -0.3 is 15.5 Å². The minimum absolute atomic E-state index is 0.670. The molecule has 2 aliphatic rings. The van der Waals surface area contributed by atoms with Crippen molar-refractivity contribution < 1.29 is 0 Å². The molecule has 86 valence electrons. The summed E-state index contributed by atoms with van der Waals surface area (Å²) in [5.41, 5.74) is 11.4. The van der Waals surface area contributed by atoms with Crippen molar-refractivity contribution in [3.8, 4) is 0 Å². The highest BCUT2D eigenvalue weighted by atomic mass is 15.1. The maximum absolute atomic E-state index is 5.98. The van der Waals surface area contributed by atoms with Crippen LogP contribution in [0.25, 0.3) is 0 Å². The summed E-state index contributed by atoms with van der Waals surface area (Å²) >= 11 is 0. The third-order valence-electron chi connectivity index (χ3n) is 3.73. The second-order valence-electron chi connectivity index (χ2n) is 5.34. The lowest BCUT2D eigenvalue weighted by atomic mass is 9.83. The van der Waals surface area contributed by atoms with Gasteiger partial charge in [0.25, 0.3) is 0 Å². The number of likely N-dealkylation sites (N-methyl/N-ethyl adjacent to an activating group) is 2. The first kappa shape index (κ1) is 10.1. The van der Waals surface area contributed by atoms with E-state index in [1.54, 1.807) is 5.56 Å². The highest BCUT2D eigenvalue weighted by Crippen LogP contribution is 2.36. The Hall–Kier alpha value is -1.06. The molecule has 2 heterocycles. The first-order valence-electron chi connectivity index (χ1n) is 5.91. The van der Waals surface area contributed by atoms with Gasteiger partial charge in [-0.25, -0.2) is 0 Å². The summed E-state index contributed by atoms with van der Waals surface area (Å²) in [5, 5.41) is 0. The molecule has 0 amide bonds. The molecule has 0 radical (unpaired) electrons. The van der Waals surface area contributed by atoms with Crippen LogP contribution in [0, 0.1) is 0 Å². The Morgan fingerprint density at radius 1 is 1.06 bits per heavy atom. The van der Waals surface area contributed by atoms with E-state index in [0.29, 0.717) is 5.92 Å². The zero-order valence-corrected chi connectivity index (χ0v) is 10.0. The fourth-order valence-electron chi connectivity index (χ4n) is 3.30. The number of nitrogens with two attached hydrogens (primary N) is 1. The standard InChI is InChI=1S/C13H19N3/c1-15-5-9-3-12(14)4-10-6-16(2)8-11(7-15)13(9)10/h3-4,11H,5-8,14H2,1-2H3. The average molecular weight is 217 g/mol. The van der Waals surface area contributed by atoms with Crippen molar-refractivity contribution in [3.63, 3.8) is 0 Å². The summed E-state index contributed by atoms with van der Waals surface area (Å²) in [6, 6.07) is 4.32. The monoisotopic (exact) mass is 217 g/mol. The Bertz CT molecular complexity index is 392. The van der Waals surface area contributed by atoms with Crippen LogP contribution in [0.2, 0.25) is 0 Å². The van der Waals surface area contributed by atoms with E-state index < -0.39 is 0 Å². The van der Waals surface area contributed by atoms with E-state index in [0.717, 1.165) is 18.8 Å². The van der Waals surface area contributed by atoms with Crippen LogP contribution >= 0.6 is 0 Å². The molecule has 0 aromatic heterocycles. The van der Waals surface area contributed by atoms with Gasteiger partial charge in [0, 0.05) is 37.8 Å². The third kappa shape index (κ3) is 1.51. The Kier molecular flexibility index (Phi) is 2.19. The quantitative estimate of drug-likeness (QED) is 0.664. The Labute approximate surface area is 96.8 Å². The lowest BCUT2D eigenvalue weighted by Gasteiger charge is -2.40. The highest BCUT2D eigenvalue weighted by molar-refractivity contribution is 5.52. The van der Waals surface area contributed by atoms with E-state index in [2.05, 4.69) is 36.0 Å². The average Bonchev–Trinajstić information content (AvgIpc) is 2.14. The van der Waals surface area contributed by atoms with Crippen molar-refractivity contribution >= 4 is 5.69 Å². The molecule has 2 aliphatic heterocycles. The highest BCUT2D eigenvalue weighted by Gasteiger charge is 2.30. The van der Waals surface area contributed by atoms with Gasteiger partial charge >= 0.3 is 0 Å². The minimum Gasteiger partial charge on any atom is -0.399 e. The van der Waals surface area contributed by atoms with Crippen LogP contribution in [0.5, 0.6) is 0 Å². The molecule has 0 saturated heterocycles. The molecule has 1 aromatic rings. The number of rotatable bonds is 0. The Morgan fingerprint density at radius 2 is 1.56 bits per heavy atom. The fraction of sp³-hybridized carbons (Fsp3) is 0.538. The fourth-order valence-corrected chi connectivity index (χ4v) is 3.30. The first-order valence-corrected chi connectivity index (χ1v) is 5.91. The molecule has 0 atom stereocenters. The van der Waals surface area contributed by atoms with Gasteiger partial charge in [0.15, 0.2) is 0 Å². The predicted molar refractivity (Wildman–Crippen MR) is 66.3 cm³/mol. The van der Waals surface area contributed by atoms with Crippen molar-refractivity contribution in [2.75, 3.05) is 32.9 Å². The maximum atomic E-state index is 5.98. The van der Waals surface area contributed by atoms with E-state index in [-0.39, 0.29) is 0 Å². The smallest absolute Gasteiger partial charge is 0.0320 e. The Morgan fingerprint density at radius 3 is 2.06 bits per heavy atom. The topological polar surface area (TPSA) is 32.5 Å². The van der Waals surface area contributed by atoms with Crippen molar-refractivity contribution in [1.29, 1.82) is 0 Å². The van der Waals surface area contributed by atoms with Gasteiger partial charge in [-0.05, 0) is 42.9 Å². The normalized spacial score (nSPS) is 22.1. The molecule has 0 bridgehead atoms. The number of hydrogen-bond donors (Lipinski definition) is 1. The first-order chi connectivity index (χ1) is 7.63. The molecule has 0 fully saturated rings. The molecule has 3 heteroatoms. The summed E-state index contributed by atoms with van der Waals surface area (Å²) in [5.74, 6) is 0.670. The molecule has 0 saturated carbocycles. The number of nitrogen functional groups attached to an aromatic ring is 1. The summed E-state index contributed by atoms with van der Waals surface area (Å²) in [4.78, 5) is 4.80. The van der Waals surface area contributed by atoms with Crippen molar-refractivity contribution in [1.82, 2.24) is 9.80 Å². The maximum Gasteiger partial charge on any atom is 0.0320 e. The molecular weight excluding hydrogens is 198 g/mol. The van der Waals surface area contributed by atoms with Crippen LogP contribution in [-0.4, -0.2) is 37.0 Å². The third-order valence-corrected chi connectivity index (χ3v) is 3.73. The lowest BCUT2D eigenvalue weighted by Crippen LogP contribution is -2.40. The zero-order valence-electron chi connectivity index (χ0n) is 10.0. The van der Waals surface area contributed by atoms with Gasteiger partial charge in [0.1, 0.15) is 0 Å². The molecule has 0 aliphatic carbocycles. The summed E-state index contributed by atoms with van der Waals surface area (Å²) in [6.45, 7) is 4.45. The van der Waals surface area contributed by atoms with Crippen LogP contribution < -0.4 is 5.73 Å². The largest absolute Gasteiger partial charge is 0.399 e. The molecule has 0 spiro atoms. The van der Waals surface area contributed by atoms with E-state index in [9.17, 15) is 0 Å². The summed E-state index contributed by atoms with van der Waals surface area (Å²) < 4.78 is 0. The van der Waals surface area contributed by atoms with Crippen LogP contribution in [0.4, 0.5) is 5.69 Å². The van der Waals surface area contributed by atoms with Gasteiger partial charge in [-0.2, -0.15) is 0 Å². The number of anilines is 1. The van der Waals surface area contributed by atoms with Crippen molar-refractivity contribution in [3.05, 3.63) is 28.8 Å². The molecule has 3 rings (SSSR count). The molecule has 2 N–H and O–H groups in total. The SMILES string of the molecule is CN1Cc2cc(N)cc3c2C(C1)CN(C)C3. The molecular formula is C13H19N3. The Balaban J connectivity index is 2.15. The molecule has 0 unspecified atom stereocenters. The van der Waals surface area contributed by atoms with Gasteiger partial charge in [0.05, 0.1) is 0 Å². The second-order valence-corrected chi connectivity index (χ2v) is 5.34. The molecule has 16 heavy (non-hydrogen) atoms. The van der Waals surface area contributed by atoms with Crippen LogP contribution in [0.15, 0.2) is 12.1 Å². The van der Waals surface area contributed by atoms with Gasteiger partial charge in [-0.15, -0.1) is 0 Å². The summed E-state index contributed by atoms with van der Waals surface area (Å²) in [6.07, 6.45) is 0. The van der Waals surface area contributed by atoms with Crippen molar-refractivity contribution in [2.24, 2.45) is 0 Å². The lowest BCUT2D eigenvalue weighted by molar-refractivity contribution is 0.210.